The molecule has 0 spiro atoms. The van der Waals surface area contributed by atoms with Crippen molar-refractivity contribution >= 4 is 11.8 Å². The predicted molar refractivity (Wildman–Crippen MR) is 158 cm³/mol. The highest BCUT2D eigenvalue weighted by molar-refractivity contribution is 6.00. The number of allylic oxidation sites excluding steroid dienone is 2. The van der Waals surface area contributed by atoms with E-state index in [-0.39, 0.29) is 22.6 Å². The summed E-state index contributed by atoms with van der Waals surface area (Å²) < 4.78 is 11.2. The summed E-state index contributed by atoms with van der Waals surface area (Å²) in [6.07, 6.45) is 13.6. The summed E-state index contributed by atoms with van der Waals surface area (Å²) in [5, 5.41) is 0. The first-order valence-electron chi connectivity index (χ1n) is 16.0. The summed E-state index contributed by atoms with van der Waals surface area (Å²) in [4.78, 5) is 25.8. The van der Waals surface area contributed by atoms with Crippen molar-refractivity contribution in [3.63, 3.8) is 0 Å². The van der Waals surface area contributed by atoms with Crippen molar-refractivity contribution in [3.05, 3.63) is 35.6 Å². The molecule has 5 saturated carbocycles. The predicted octanol–water partition coefficient (Wildman–Crippen LogP) is 8.57. The first kappa shape index (κ1) is 28.3. The summed E-state index contributed by atoms with van der Waals surface area (Å²) in [5.41, 5.74) is 3.31. The normalized spacial score (nSPS) is 50.3. The second-order valence-corrected chi connectivity index (χ2v) is 16.5. The minimum absolute atomic E-state index is 0.0237. The van der Waals surface area contributed by atoms with Gasteiger partial charge in [0.15, 0.2) is 5.78 Å². The van der Waals surface area contributed by atoms with E-state index in [0.717, 1.165) is 30.3 Å². The van der Waals surface area contributed by atoms with Gasteiger partial charge in [-0.1, -0.05) is 53.7 Å². The average Bonchev–Trinajstić information content (AvgIpc) is 3.39. The van der Waals surface area contributed by atoms with Gasteiger partial charge < -0.3 is 9.47 Å². The maximum Gasteiger partial charge on any atom is 0.336 e. The summed E-state index contributed by atoms with van der Waals surface area (Å²) in [5.74, 6) is 2.95. The highest BCUT2D eigenvalue weighted by atomic mass is 16.7. The Morgan fingerprint density at radius 1 is 0.950 bits per heavy atom. The smallest absolute Gasteiger partial charge is 0.336 e. The molecular weight excluding hydrogens is 496 g/mol. The van der Waals surface area contributed by atoms with Crippen LogP contribution in [-0.2, 0) is 19.1 Å². The van der Waals surface area contributed by atoms with Crippen LogP contribution in [-0.4, -0.2) is 18.0 Å². The van der Waals surface area contributed by atoms with Crippen LogP contribution in [0.4, 0.5) is 0 Å². The molecule has 0 aromatic rings. The molecule has 10 atom stereocenters. The van der Waals surface area contributed by atoms with E-state index < -0.39 is 11.7 Å². The van der Waals surface area contributed by atoms with Crippen LogP contribution in [0.3, 0.4) is 0 Å². The fourth-order valence-electron chi connectivity index (χ4n) is 12.2. The molecule has 6 rings (SSSR count). The topological polar surface area (TPSA) is 52.6 Å². The molecule has 4 nitrogen and oxygen atoms in total. The lowest BCUT2D eigenvalue weighted by atomic mass is 9.32. The van der Waals surface area contributed by atoms with Crippen LogP contribution in [0.2, 0.25) is 0 Å². The molecule has 0 radical (unpaired) electrons. The van der Waals surface area contributed by atoms with Gasteiger partial charge in [0.05, 0.1) is 6.26 Å². The van der Waals surface area contributed by atoms with Gasteiger partial charge in [0, 0.05) is 22.6 Å². The monoisotopic (exact) mass is 548 g/mol. The highest BCUT2D eigenvalue weighted by Gasteiger charge is 2.70. The highest BCUT2D eigenvalue weighted by Crippen LogP contribution is 2.77. The number of ether oxygens (including phenoxy) is 2. The summed E-state index contributed by atoms with van der Waals surface area (Å²) >= 11 is 0. The molecule has 0 aromatic heterocycles. The van der Waals surface area contributed by atoms with Gasteiger partial charge in [0.25, 0.3) is 6.29 Å². The molecule has 5 fully saturated rings. The molecule has 1 unspecified atom stereocenters. The number of hydrogen-bond donors (Lipinski definition) is 0. The van der Waals surface area contributed by atoms with E-state index in [1.54, 1.807) is 19.3 Å². The third-order valence-electron chi connectivity index (χ3n) is 14.3. The number of esters is 1. The molecule has 1 heterocycles. The lowest BCUT2D eigenvalue weighted by Crippen LogP contribution is -2.66. The first-order valence-corrected chi connectivity index (χ1v) is 16.0. The Hall–Kier alpha value is -1.84. The zero-order valence-electron chi connectivity index (χ0n) is 26.3. The lowest BCUT2D eigenvalue weighted by Gasteiger charge is -2.72. The van der Waals surface area contributed by atoms with Crippen molar-refractivity contribution in [2.24, 2.45) is 56.7 Å². The Bertz CT molecular complexity index is 1210. The van der Waals surface area contributed by atoms with Crippen molar-refractivity contribution in [2.45, 2.75) is 119 Å². The van der Waals surface area contributed by atoms with Crippen molar-refractivity contribution in [3.8, 4) is 0 Å². The van der Waals surface area contributed by atoms with E-state index >= 15 is 0 Å². The zero-order chi connectivity index (χ0) is 29.0. The summed E-state index contributed by atoms with van der Waals surface area (Å²) in [6.45, 7) is 23.3. The van der Waals surface area contributed by atoms with Crippen LogP contribution in [0.15, 0.2) is 35.6 Å². The SMILES string of the molecule is C=C(C)[C@@H]1CC[C@]2(C)CC[C@]3(C)[C@H](CC[C@@H]4[C@@]5(C)C/C(=C\OC6C=C(C)C(=O)O6)C(=O)C(C)(C)[C@@H]5CC[C@]43C)[C@@H]12. The zero-order valence-corrected chi connectivity index (χ0v) is 26.3. The van der Waals surface area contributed by atoms with E-state index in [9.17, 15) is 9.59 Å². The van der Waals surface area contributed by atoms with Crippen LogP contribution in [0.1, 0.15) is 113 Å². The molecule has 0 amide bonds. The molecule has 0 bridgehead atoms. The largest absolute Gasteiger partial charge is 0.458 e. The van der Waals surface area contributed by atoms with Crippen molar-refractivity contribution in [1.29, 1.82) is 0 Å². The molecule has 220 valence electrons. The van der Waals surface area contributed by atoms with E-state index in [2.05, 4.69) is 55.0 Å². The minimum atomic E-state index is -0.739. The Labute approximate surface area is 242 Å². The summed E-state index contributed by atoms with van der Waals surface area (Å²) in [7, 11) is 0. The third-order valence-corrected chi connectivity index (χ3v) is 14.3. The summed E-state index contributed by atoms with van der Waals surface area (Å²) in [6, 6.07) is 0. The van der Waals surface area contributed by atoms with Gasteiger partial charge in [0.1, 0.15) is 0 Å². The van der Waals surface area contributed by atoms with Gasteiger partial charge >= 0.3 is 5.97 Å². The fraction of sp³-hybridized carbons (Fsp3) is 0.778. The molecule has 5 aliphatic carbocycles. The number of fused-ring (bicyclic) bond motifs is 7. The van der Waals surface area contributed by atoms with E-state index in [1.807, 2.05) is 0 Å². The van der Waals surface area contributed by atoms with E-state index in [4.69, 9.17) is 9.47 Å². The van der Waals surface area contributed by atoms with E-state index in [1.165, 1.54) is 50.5 Å². The van der Waals surface area contributed by atoms with Crippen LogP contribution in [0.25, 0.3) is 0 Å². The third kappa shape index (κ3) is 3.62. The van der Waals surface area contributed by atoms with Crippen molar-refractivity contribution in [1.82, 2.24) is 0 Å². The molecule has 40 heavy (non-hydrogen) atoms. The molecule has 6 aliphatic rings. The maximum atomic E-state index is 13.9. The van der Waals surface area contributed by atoms with Crippen LogP contribution >= 0.6 is 0 Å². The van der Waals surface area contributed by atoms with E-state index in [0.29, 0.717) is 34.2 Å². The molecule has 0 N–H and O–H groups in total. The number of ketones is 1. The van der Waals surface area contributed by atoms with Gasteiger partial charge in [0.2, 0.25) is 0 Å². The average molecular weight is 549 g/mol. The van der Waals surface area contributed by atoms with Gasteiger partial charge in [-0.3, -0.25) is 4.79 Å². The van der Waals surface area contributed by atoms with Gasteiger partial charge in [-0.05, 0) is 123 Å². The fourth-order valence-corrected chi connectivity index (χ4v) is 12.2. The second kappa shape index (κ2) is 8.83. The molecule has 0 aromatic carbocycles. The lowest BCUT2D eigenvalue weighted by molar-refractivity contribution is -0.229. The van der Waals surface area contributed by atoms with Gasteiger partial charge in [-0.2, -0.15) is 0 Å². The Morgan fingerprint density at radius 2 is 1.68 bits per heavy atom. The first-order chi connectivity index (χ1) is 18.6. The number of Topliss-reactive ketones (excluding diaryl/α,β-unsaturated/α-hetero) is 1. The van der Waals surface area contributed by atoms with Gasteiger partial charge in [-0.25, -0.2) is 4.79 Å². The van der Waals surface area contributed by atoms with Crippen LogP contribution < -0.4 is 0 Å². The van der Waals surface area contributed by atoms with Crippen LogP contribution in [0, 0.1) is 56.7 Å². The van der Waals surface area contributed by atoms with Crippen molar-refractivity contribution < 1.29 is 19.1 Å². The Kier molecular flexibility index (Phi) is 6.25. The standard InChI is InChI=1S/C36H52O4/c1-21(2)24-12-14-33(6)16-17-35(8)25(29(24)33)10-11-27-34(7)19-23(20-39-28-18-22(3)31(38)40-28)30(37)32(4,5)26(34)13-15-36(27,35)9/h18,20,24-29H,1,10-17,19H2,2-9H3/b23-20+/t24-,25+,26-,27+,28?,29+,33+,34-,35+,36+/m0/s1. The second-order valence-electron chi connectivity index (χ2n) is 16.5. The maximum absolute atomic E-state index is 13.9. The van der Waals surface area contributed by atoms with Gasteiger partial charge in [-0.15, -0.1) is 0 Å². The molecule has 4 heteroatoms. The number of hydrogen-bond acceptors (Lipinski definition) is 4. The minimum Gasteiger partial charge on any atom is -0.458 e. The Balaban J connectivity index is 1.35. The number of carbonyl (C=O) groups is 2. The molecular formula is C36H52O4. The number of rotatable bonds is 3. The number of carbonyl (C=O) groups excluding carboxylic acids is 2. The molecule has 1 aliphatic heterocycles. The van der Waals surface area contributed by atoms with Crippen molar-refractivity contribution in [2.75, 3.05) is 0 Å². The molecule has 0 saturated heterocycles. The number of cyclic esters (lactones) is 1. The Morgan fingerprint density at radius 3 is 2.33 bits per heavy atom. The van der Waals surface area contributed by atoms with Crippen LogP contribution in [0.5, 0.6) is 0 Å². The quantitative estimate of drug-likeness (QED) is 0.153.